The second-order valence-corrected chi connectivity index (χ2v) is 9.45. The molecule has 0 saturated heterocycles. The summed E-state index contributed by atoms with van der Waals surface area (Å²) in [5.41, 5.74) is 5.10. The van der Waals surface area contributed by atoms with E-state index in [4.69, 9.17) is 14.5 Å². The van der Waals surface area contributed by atoms with Crippen LogP contribution in [0.15, 0.2) is 72.8 Å². The lowest BCUT2D eigenvalue weighted by Gasteiger charge is -2.25. The molecule has 1 aliphatic rings. The molecule has 5 rings (SSSR count). The molecular weight excluding hydrogens is 466 g/mol. The molecule has 3 aromatic carbocycles. The zero-order chi connectivity index (χ0) is 25.9. The molecule has 0 radical (unpaired) electrons. The standard InChI is InChI=1S/C30H29N3O4/c1-19-13-14-26(36-3)25(17-19)32-29(34)28(20-9-5-4-6-10-20)37-30(35)27-21-11-7-8-12-23(21)31-24-15-16-33(2)18-22(24)27/h4-14,17,28H,15-16,18H2,1-3H3,(H,32,34)/p+1/t28-/m0/s1. The number of benzene rings is 3. The number of aryl methyl sites for hydroxylation is 1. The molecule has 1 aromatic heterocycles. The van der Waals surface area contributed by atoms with E-state index in [1.54, 1.807) is 25.3 Å². The molecule has 0 spiro atoms. The van der Waals surface area contributed by atoms with Gasteiger partial charge in [-0.3, -0.25) is 9.78 Å². The summed E-state index contributed by atoms with van der Waals surface area (Å²) in [4.78, 5) is 33.6. The first-order valence-electron chi connectivity index (χ1n) is 12.4. The van der Waals surface area contributed by atoms with E-state index in [1.807, 2.05) is 61.5 Å². The first-order valence-corrected chi connectivity index (χ1v) is 12.4. The molecule has 7 nitrogen and oxygen atoms in total. The van der Waals surface area contributed by atoms with Crippen LogP contribution >= 0.6 is 0 Å². The number of likely N-dealkylation sites (N-methyl/N-ethyl adjacent to an activating group) is 1. The van der Waals surface area contributed by atoms with Crippen molar-refractivity contribution in [3.63, 3.8) is 0 Å². The van der Waals surface area contributed by atoms with Gasteiger partial charge in [0.05, 0.1) is 43.2 Å². The number of carbonyl (C=O) groups is 2. The van der Waals surface area contributed by atoms with Gasteiger partial charge >= 0.3 is 5.97 Å². The van der Waals surface area contributed by atoms with Crippen LogP contribution in [0.1, 0.15) is 38.8 Å². The molecule has 2 heterocycles. The minimum atomic E-state index is -1.16. The Kier molecular flexibility index (Phi) is 6.88. The molecule has 2 N–H and O–H groups in total. The monoisotopic (exact) mass is 496 g/mol. The first kappa shape index (κ1) is 24.5. The number of rotatable bonds is 6. The molecule has 4 aromatic rings. The highest BCUT2D eigenvalue weighted by molar-refractivity contribution is 6.06. The third-order valence-electron chi connectivity index (χ3n) is 6.73. The van der Waals surface area contributed by atoms with Gasteiger partial charge in [0, 0.05) is 22.9 Å². The summed E-state index contributed by atoms with van der Waals surface area (Å²) in [6.45, 7) is 3.54. The third-order valence-corrected chi connectivity index (χ3v) is 6.73. The van der Waals surface area contributed by atoms with Gasteiger partial charge in [-0.15, -0.1) is 0 Å². The van der Waals surface area contributed by atoms with Gasteiger partial charge in [0.15, 0.2) is 0 Å². The summed E-state index contributed by atoms with van der Waals surface area (Å²) in [6.07, 6.45) is -0.377. The van der Waals surface area contributed by atoms with Crippen LogP contribution in [0.25, 0.3) is 10.9 Å². The van der Waals surface area contributed by atoms with E-state index in [2.05, 4.69) is 12.4 Å². The highest BCUT2D eigenvalue weighted by Crippen LogP contribution is 2.30. The smallest absolute Gasteiger partial charge is 0.340 e. The summed E-state index contributed by atoms with van der Waals surface area (Å²) in [5.74, 6) is -0.472. The highest BCUT2D eigenvalue weighted by Gasteiger charge is 2.31. The lowest BCUT2D eigenvalue weighted by molar-refractivity contribution is -0.895. The Balaban J connectivity index is 1.54. The normalized spacial score (nSPS) is 15.5. The average molecular weight is 497 g/mol. The number of para-hydroxylation sites is 1. The van der Waals surface area contributed by atoms with Gasteiger partial charge in [0.25, 0.3) is 5.91 Å². The fourth-order valence-electron chi connectivity index (χ4n) is 4.84. The van der Waals surface area contributed by atoms with Crippen molar-refractivity contribution >= 4 is 28.5 Å². The predicted octanol–water partition coefficient (Wildman–Crippen LogP) is 3.66. The van der Waals surface area contributed by atoms with Crippen molar-refractivity contribution < 1.29 is 24.0 Å². The number of nitrogens with one attached hydrogen (secondary N) is 2. The predicted molar refractivity (Wildman–Crippen MR) is 142 cm³/mol. The van der Waals surface area contributed by atoms with Gasteiger partial charge in [0.2, 0.25) is 6.10 Å². The van der Waals surface area contributed by atoms with Gasteiger partial charge in [-0.2, -0.15) is 0 Å². The number of nitrogens with zero attached hydrogens (tertiary/aromatic N) is 1. The summed E-state index contributed by atoms with van der Waals surface area (Å²) >= 11 is 0. The highest BCUT2D eigenvalue weighted by atomic mass is 16.5. The minimum absolute atomic E-state index is 0.460. The molecule has 2 atom stereocenters. The maximum absolute atomic E-state index is 13.9. The van der Waals surface area contributed by atoms with Crippen molar-refractivity contribution in [3.05, 3.63) is 101 Å². The number of esters is 1. The Bertz CT molecular complexity index is 1470. The first-order chi connectivity index (χ1) is 17.9. The number of hydrogen-bond donors (Lipinski definition) is 2. The molecule has 7 heteroatoms. The van der Waals surface area contributed by atoms with Crippen molar-refractivity contribution in [2.45, 2.75) is 26.0 Å². The lowest BCUT2D eigenvalue weighted by Crippen LogP contribution is -3.08. The van der Waals surface area contributed by atoms with Crippen molar-refractivity contribution in [2.24, 2.45) is 0 Å². The SMILES string of the molecule is COc1ccc(C)cc1NC(=O)[C@@H](OC(=O)c1c2c(nc3ccccc13)CC[NH+](C)C2)c1ccccc1. The molecule has 0 fully saturated rings. The summed E-state index contributed by atoms with van der Waals surface area (Å²) in [6, 6.07) is 22.2. The van der Waals surface area contributed by atoms with Crippen LogP contribution in [0.2, 0.25) is 0 Å². The number of methoxy groups -OCH3 is 1. The Labute approximate surface area is 216 Å². The van der Waals surface area contributed by atoms with Crippen molar-refractivity contribution in [3.8, 4) is 5.75 Å². The van der Waals surface area contributed by atoms with Gasteiger partial charge < -0.3 is 19.7 Å². The second kappa shape index (κ2) is 10.4. The number of hydrogen-bond acceptors (Lipinski definition) is 5. The number of anilines is 1. The molecular formula is C30H30N3O4+. The number of aromatic nitrogens is 1. The van der Waals surface area contributed by atoms with E-state index < -0.39 is 18.0 Å². The second-order valence-electron chi connectivity index (χ2n) is 9.45. The molecule has 188 valence electrons. The number of fused-ring (bicyclic) bond motifs is 2. The van der Waals surface area contributed by atoms with Crippen LogP contribution in [-0.2, 0) is 22.5 Å². The number of ether oxygens (including phenoxy) is 2. The third kappa shape index (κ3) is 5.04. The van der Waals surface area contributed by atoms with E-state index in [-0.39, 0.29) is 0 Å². The minimum Gasteiger partial charge on any atom is -0.495 e. The zero-order valence-electron chi connectivity index (χ0n) is 21.2. The van der Waals surface area contributed by atoms with Crippen molar-refractivity contribution in [2.75, 3.05) is 26.0 Å². The molecule has 1 aliphatic heterocycles. The summed E-state index contributed by atoms with van der Waals surface area (Å²) < 4.78 is 11.5. The van der Waals surface area contributed by atoms with Crippen molar-refractivity contribution in [1.82, 2.24) is 4.98 Å². The summed E-state index contributed by atoms with van der Waals surface area (Å²) in [5, 5.41) is 3.64. The van der Waals surface area contributed by atoms with Crippen molar-refractivity contribution in [1.29, 1.82) is 0 Å². The topological polar surface area (TPSA) is 82.0 Å². The Morgan fingerprint density at radius 2 is 1.78 bits per heavy atom. The molecule has 0 saturated carbocycles. The van der Waals surface area contributed by atoms with E-state index >= 15 is 0 Å². The quantitative estimate of drug-likeness (QED) is 0.398. The fourth-order valence-corrected chi connectivity index (χ4v) is 4.84. The average Bonchev–Trinajstić information content (AvgIpc) is 2.91. The van der Waals surface area contributed by atoms with Crippen LogP contribution in [0.5, 0.6) is 5.75 Å². The lowest BCUT2D eigenvalue weighted by atomic mass is 9.96. The molecule has 0 bridgehead atoms. The van der Waals surface area contributed by atoms with E-state index in [0.29, 0.717) is 29.1 Å². The van der Waals surface area contributed by atoms with Crippen LogP contribution in [-0.4, -0.2) is 37.6 Å². The summed E-state index contributed by atoms with van der Waals surface area (Å²) in [7, 11) is 3.65. The van der Waals surface area contributed by atoms with Gasteiger partial charge in [-0.25, -0.2) is 4.79 Å². The fraction of sp³-hybridized carbons (Fsp3) is 0.233. The van der Waals surface area contributed by atoms with Crippen LogP contribution in [0.4, 0.5) is 5.69 Å². The van der Waals surface area contributed by atoms with E-state index in [9.17, 15) is 9.59 Å². The number of pyridine rings is 1. The Morgan fingerprint density at radius 1 is 1.03 bits per heavy atom. The molecule has 1 unspecified atom stereocenters. The Morgan fingerprint density at radius 3 is 2.57 bits per heavy atom. The van der Waals surface area contributed by atoms with Crippen LogP contribution in [0, 0.1) is 6.92 Å². The zero-order valence-corrected chi connectivity index (χ0v) is 21.2. The molecule has 1 amide bonds. The maximum Gasteiger partial charge on any atom is 0.340 e. The molecule has 37 heavy (non-hydrogen) atoms. The number of quaternary nitrogens is 1. The van der Waals surface area contributed by atoms with Gasteiger partial charge in [0.1, 0.15) is 12.3 Å². The number of amides is 1. The van der Waals surface area contributed by atoms with Gasteiger partial charge in [-0.05, 0) is 30.7 Å². The van der Waals surface area contributed by atoms with Crippen LogP contribution < -0.4 is 15.0 Å². The molecule has 0 aliphatic carbocycles. The Hall–Kier alpha value is -4.23. The van der Waals surface area contributed by atoms with E-state index in [0.717, 1.165) is 40.7 Å². The van der Waals surface area contributed by atoms with Gasteiger partial charge in [-0.1, -0.05) is 54.6 Å². The maximum atomic E-state index is 13.9. The van der Waals surface area contributed by atoms with Crippen LogP contribution in [0.3, 0.4) is 0 Å². The van der Waals surface area contributed by atoms with E-state index in [1.165, 1.54) is 4.90 Å². The largest absolute Gasteiger partial charge is 0.495 e. The number of carbonyl (C=O) groups excluding carboxylic acids is 2.